The SMILES string of the molecule is CNCC(=Cc1ccc(C)c(Cl)c1)B1OC(C)(C)C(C)(C)O1. The van der Waals surface area contributed by atoms with Crippen molar-refractivity contribution in [2.45, 2.75) is 45.8 Å². The lowest BCUT2D eigenvalue weighted by molar-refractivity contribution is 0.00578. The van der Waals surface area contributed by atoms with Crippen LogP contribution in [0.25, 0.3) is 6.08 Å². The average Bonchev–Trinajstić information content (AvgIpc) is 2.62. The van der Waals surface area contributed by atoms with Gasteiger partial charge in [0, 0.05) is 11.6 Å². The molecule has 0 spiro atoms. The van der Waals surface area contributed by atoms with Gasteiger partial charge in [-0.1, -0.05) is 29.8 Å². The predicted molar refractivity (Wildman–Crippen MR) is 94.2 cm³/mol. The lowest BCUT2D eigenvalue weighted by Gasteiger charge is -2.32. The van der Waals surface area contributed by atoms with Gasteiger partial charge in [-0.05, 0) is 64.3 Å². The summed E-state index contributed by atoms with van der Waals surface area (Å²) in [5, 5.41) is 3.95. The molecule has 1 aromatic carbocycles. The fraction of sp³-hybridized carbons (Fsp3) is 0.529. The van der Waals surface area contributed by atoms with Crippen LogP contribution in [-0.2, 0) is 9.31 Å². The molecular formula is C17H25BClNO2. The van der Waals surface area contributed by atoms with Crippen LogP contribution in [0.4, 0.5) is 0 Å². The molecule has 1 aromatic rings. The van der Waals surface area contributed by atoms with Gasteiger partial charge >= 0.3 is 7.12 Å². The van der Waals surface area contributed by atoms with Crippen molar-refractivity contribution < 1.29 is 9.31 Å². The van der Waals surface area contributed by atoms with Gasteiger partial charge < -0.3 is 14.6 Å². The number of halogens is 1. The highest BCUT2D eigenvalue weighted by Crippen LogP contribution is 2.38. The van der Waals surface area contributed by atoms with Crippen molar-refractivity contribution in [3.63, 3.8) is 0 Å². The van der Waals surface area contributed by atoms with Crippen LogP contribution in [0, 0.1) is 6.92 Å². The van der Waals surface area contributed by atoms with Crippen LogP contribution < -0.4 is 5.32 Å². The summed E-state index contributed by atoms with van der Waals surface area (Å²) in [5.41, 5.74) is 2.51. The van der Waals surface area contributed by atoms with Crippen LogP contribution in [0.3, 0.4) is 0 Å². The van der Waals surface area contributed by atoms with Gasteiger partial charge in [-0.2, -0.15) is 0 Å². The molecule has 3 nitrogen and oxygen atoms in total. The first-order chi connectivity index (χ1) is 10.2. The van der Waals surface area contributed by atoms with Gasteiger partial charge in [-0.15, -0.1) is 0 Å². The fourth-order valence-electron chi connectivity index (χ4n) is 2.31. The Morgan fingerprint density at radius 3 is 2.32 bits per heavy atom. The number of hydrogen-bond acceptors (Lipinski definition) is 3. The second kappa shape index (κ2) is 6.36. The van der Waals surface area contributed by atoms with Crippen LogP contribution in [0.1, 0.15) is 38.8 Å². The fourth-order valence-corrected chi connectivity index (χ4v) is 2.50. The van der Waals surface area contributed by atoms with Gasteiger partial charge in [0.1, 0.15) is 0 Å². The van der Waals surface area contributed by atoms with E-state index in [-0.39, 0.29) is 18.3 Å². The topological polar surface area (TPSA) is 30.5 Å². The smallest absolute Gasteiger partial charge is 0.400 e. The van der Waals surface area contributed by atoms with Crippen LogP contribution in [-0.4, -0.2) is 31.9 Å². The molecule has 0 bridgehead atoms. The highest BCUT2D eigenvalue weighted by molar-refractivity contribution is 6.56. The van der Waals surface area contributed by atoms with E-state index in [2.05, 4.69) is 45.2 Å². The lowest BCUT2D eigenvalue weighted by Crippen LogP contribution is -2.41. The molecule has 0 atom stereocenters. The first-order valence-electron chi connectivity index (χ1n) is 7.63. The number of rotatable bonds is 4. The quantitative estimate of drug-likeness (QED) is 0.854. The Bertz CT molecular complexity index is 568. The maximum absolute atomic E-state index is 6.22. The Kier molecular flexibility index (Phi) is 5.08. The van der Waals surface area contributed by atoms with E-state index in [4.69, 9.17) is 20.9 Å². The number of likely N-dealkylation sites (N-methyl/N-ethyl adjacent to an activating group) is 1. The molecule has 1 N–H and O–H groups in total. The number of benzene rings is 1. The molecule has 0 unspecified atom stereocenters. The Labute approximate surface area is 139 Å². The third kappa shape index (κ3) is 3.57. The summed E-state index contributed by atoms with van der Waals surface area (Å²) < 4.78 is 12.3. The first-order valence-corrected chi connectivity index (χ1v) is 8.01. The molecule has 1 aliphatic heterocycles. The summed E-state index contributed by atoms with van der Waals surface area (Å²) in [6.45, 7) is 10.9. The molecule has 0 aliphatic carbocycles. The number of aryl methyl sites for hydroxylation is 1. The van der Waals surface area contributed by atoms with E-state index in [0.717, 1.165) is 21.6 Å². The van der Waals surface area contributed by atoms with Crippen LogP contribution in [0.2, 0.25) is 5.02 Å². The largest absolute Gasteiger partial charge is 0.491 e. The van der Waals surface area contributed by atoms with Gasteiger partial charge in [0.25, 0.3) is 0 Å². The summed E-state index contributed by atoms with van der Waals surface area (Å²) in [6.07, 6.45) is 2.09. The summed E-state index contributed by atoms with van der Waals surface area (Å²) in [7, 11) is 1.57. The predicted octanol–water partition coefficient (Wildman–Crippen LogP) is 3.88. The van der Waals surface area contributed by atoms with Gasteiger partial charge in [0.2, 0.25) is 0 Å². The van der Waals surface area contributed by atoms with Crippen molar-refractivity contribution in [1.82, 2.24) is 5.32 Å². The summed E-state index contributed by atoms with van der Waals surface area (Å²) in [5.74, 6) is 0. The zero-order chi connectivity index (χ0) is 16.5. The minimum Gasteiger partial charge on any atom is -0.400 e. The van der Waals surface area contributed by atoms with Crippen LogP contribution in [0.5, 0.6) is 0 Å². The molecule has 5 heteroatoms. The number of hydrogen-bond donors (Lipinski definition) is 1. The molecule has 120 valence electrons. The van der Waals surface area contributed by atoms with Gasteiger partial charge in [-0.3, -0.25) is 0 Å². The third-order valence-electron chi connectivity index (χ3n) is 4.48. The minimum atomic E-state index is -0.350. The van der Waals surface area contributed by atoms with Crippen molar-refractivity contribution >= 4 is 24.8 Å². The van der Waals surface area contributed by atoms with Crippen molar-refractivity contribution in [3.8, 4) is 0 Å². The molecule has 1 saturated heterocycles. The molecule has 2 rings (SSSR count). The summed E-state index contributed by atoms with van der Waals surface area (Å²) >= 11 is 6.22. The Morgan fingerprint density at radius 1 is 1.23 bits per heavy atom. The molecule has 0 aromatic heterocycles. The van der Waals surface area contributed by atoms with E-state index < -0.39 is 0 Å². The normalized spacial score (nSPS) is 20.5. The third-order valence-corrected chi connectivity index (χ3v) is 4.89. The van der Waals surface area contributed by atoms with E-state index in [1.807, 2.05) is 26.1 Å². The van der Waals surface area contributed by atoms with Crippen molar-refractivity contribution in [1.29, 1.82) is 0 Å². The molecule has 0 radical (unpaired) electrons. The van der Waals surface area contributed by atoms with Crippen molar-refractivity contribution in [3.05, 3.63) is 39.8 Å². The van der Waals surface area contributed by atoms with Crippen molar-refractivity contribution in [2.24, 2.45) is 0 Å². The molecule has 1 fully saturated rings. The number of nitrogens with one attached hydrogen (secondary N) is 1. The van der Waals surface area contributed by atoms with E-state index in [9.17, 15) is 0 Å². The molecule has 1 heterocycles. The van der Waals surface area contributed by atoms with Crippen LogP contribution in [0.15, 0.2) is 23.7 Å². The zero-order valence-electron chi connectivity index (χ0n) is 14.3. The monoisotopic (exact) mass is 321 g/mol. The Hall–Kier alpha value is -0.805. The highest BCUT2D eigenvalue weighted by atomic mass is 35.5. The zero-order valence-corrected chi connectivity index (χ0v) is 15.0. The van der Waals surface area contributed by atoms with Crippen LogP contribution >= 0.6 is 11.6 Å². The highest BCUT2D eigenvalue weighted by Gasteiger charge is 2.52. The van der Waals surface area contributed by atoms with Gasteiger partial charge in [-0.25, -0.2) is 0 Å². The maximum atomic E-state index is 6.22. The second-order valence-corrected chi connectivity index (χ2v) is 7.25. The Morgan fingerprint density at radius 2 is 1.82 bits per heavy atom. The summed E-state index contributed by atoms with van der Waals surface area (Å²) in [6, 6.07) is 6.05. The van der Waals surface area contributed by atoms with E-state index in [1.54, 1.807) is 0 Å². The molecular weight excluding hydrogens is 296 g/mol. The molecule has 1 aliphatic rings. The van der Waals surface area contributed by atoms with Crippen molar-refractivity contribution in [2.75, 3.05) is 13.6 Å². The van der Waals surface area contributed by atoms with E-state index >= 15 is 0 Å². The van der Waals surface area contributed by atoms with Gasteiger partial charge in [0.05, 0.1) is 11.2 Å². The standard InChI is InChI=1S/C17H25BClNO2/c1-12-7-8-13(10-15(12)19)9-14(11-20-6)18-21-16(2,3)17(4,5)22-18/h7-10,20H,11H2,1-6H3. The van der Waals surface area contributed by atoms with E-state index in [1.165, 1.54) is 0 Å². The molecule has 0 saturated carbocycles. The Balaban J connectivity index is 2.31. The van der Waals surface area contributed by atoms with Gasteiger partial charge in [0.15, 0.2) is 0 Å². The van der Waals surface area contributed by atoms with E-state index in [0.29, 0.717) is 6.54 Å². The molecule has 0 amide bonds. The minimum absolute atomic E-state index is 0.338. The lowest BCUT2D eigenvalue weighted by atomic mass is 9.77. The molecule has 22 heavy (non-hydrogen) atoms. The summed E-state index contributed by atoms with van der Waals surface area (Å²) in [4.78, 5) is 0. The second-order valence-electron chi connectivity index (χ2n) is 6.85. The average molecular weight is 322 g/mol. The maximum Gasteiger partial charge on any atom is 0.491 e. The first kappa shape index (κ1) is 17.5.